The molecule has 0 nitrogen and oxygen atoms in total. The lowest BCUT2D eigenvalue weighted by molar-refractivity contribution is 1.04. The first-order valence-electron chi connectivity index (χ1n) is 8.49. The molecule has 0 heterocycles. The predicted octanol–water partition coefficient (Wildman–Crippen LogP) is 6.62. The number of rotatable bonds is 3. The standard InChI is InChI=1S/C24H20/c1-4-10-19(11-5-1)22-16-23(20-12-6-2-7-13-20)18-24(17-22)21-14-8-3-9-15-21/h1-2,4-18,21H,3H2. The molecule has 0 N–H and O–H groups in total. The van der Waals surface area contributed by atoms with Crippen LogP contribution in [0.3, 0.4) is 0 Å². The molecule has 3 aromatic carbocycles. The van der Waals surface area contributed by atoms with E-state index in [9.17, 15) is 0 Å². The lowest BCUT2D eigenvalue weighted by Gasteiger charge is -2.16. The van der Waals surface area contributed by atoms with Gasteiger partial charge in [-0.2, -0.15) is 0 Å². The van der Waals surface area contributed by atoms with Crippen molar-refractivity contribution in [3.05, 3.63) is 109 Å². The summed E-state index contributed by atoms with van der Waals surface area (Å²) in [6.07, 6.45) is 10.2. The largest absolute Gasteiger partial charge is 0.0838 e. The van der Waals surface area contributed by atoms with Crippen molar-refractivity contribution in [1.29, 1.82) is 0 Å². The topological polar surface area (TPSA) is 0 Å². The Morgan fingerprint density at radius 2 is 1.04 bits per heavy atom. The molecule has 0 saturated carbocycles. The van der Waals surface area contributed by atoms with E-state index < -0.39 is 0 Å². The zero-order valence-electron chi connectivity index (χ0n) is 13.6. The van der Waals surface area contributed by atoms with E-state index >= 15 is 0 Å². The van der Waals surface area contributed by atoms with Crippen LogP contribution in [0.4, 0.5) is 0 Å². The van der Waals surface area contributed by atoms with Crippen molar-refractivity contribution >= 4 is 0 Å². The van der Waals surface area contributed by atoms with Crippen molar-refractivity contribution in [1.82, 2.24) is 0 Å². The van der Waals surface area contributed by atoms with E-state index in [1.54, 1.807) is 0 Å². The highest BCUT2D eigenvalue weighted by atomic mass is 14.2. The maximum absolute atomic E-state index is 2.33. The van der Waals surface area contributed by atoms with Gasteiger partial charge in [-0.3, -0.25) is 0 Å². The molecule has 0 saturated heterocycles. The van der Waals surface area contributed by atoms with Gasteiger partial charge in [-0.1, -0.05) is 97.1 Å². The minimum absolute atomic E-state index is 0.366. The first kappa shape index (κ1) is 14.7. The van der Waals surface area contributed by atoms with Crippen LogP contribution < -0.4 is 0 Å². The van der Waals surface area contributed by atoms with Gasteiger partial charge in [0.05, 0.1) is 0 Å². The predicted molar refractivity (Wildman–Crippen MR) is 103 cm³/mol. The van der Waals surface area contributed by atoms with Crippen LogP contribution >= 0.6 is 0 Å². The Morgan fingerprint density at radius 1 is 0.542 bits per heavy atom. The molecule has 4 rings (SSSR count). The van der Waals surface area contributed by atoms with Crippen LogP contribution in [0.15, 0.2) is 103 Å². The minimum Gasteiger partial charge on any atom is -0.0838 e. The van der Waals surface area contributed by atoms with Gasteiger partial charge in [0.15, 0.2) is 0 Å². The van der Waals surface area contributed by atoms with Gasteiger partial charge < -0.3 is 0 Å². The van der Waals surface area contributed by atoms with E-state index in [0.717, 1.165) is 6.42 Å². The highest BCUT2D eigenvalue weighted by molar-refractivity contribution is 5.74. The van der Waals surface area contributed by atoms with E-state index in [0.29, 0.717) is 5.92 Å². The van der Waals surface area contributed by atoms with E-state index in [2.05, 4.69) is 103 Å². The quantitative estimate of drug-likeness (QED) is 0.477. The summed E-state index contributed by atoms with van der Waals surface area (Å²) in [5, 5.41) is 0. The van der Waals surface area contributed by atoms with Crippen molar-refractivity contribution in [2.24, 2.45) is 0 Å². The molecule has 1 aliphatic rings. The number of hydrogen-bond donors (Lipinski definition) is 0. The van der Waals surface area contributed by atoms with E-state index in [1.807, 2.05) is 0 Å². The van der Waals surface area contributed by atoms with Gasteiger partial charge in [0.25, 0.3) is 0 Å². The zero-order valence-corrected chi connectivity index (χ0v) is 13.6. The molecule has 0 radical (unpaired) electrons. The summed E-state index contributed by atoms with van der Waals surface area (Å²) in [5.74, 6) is 0.366. The second-order valence-corrected chi connectivity index (χ2v) is 6.19. The van der Waals surface area contributed by atoms with Gasteiger partial charge in [-0.05, 0) is 40.3 Å². The van der Waals surface area contributed by atoms with Crippen LogP contribution in [0.1, 0.15) is 17.9 Å². The summed E-state index contributed by atoms with van der Waals surface area (Å²) in [4.78, 5) is 0. The molecule has 0 aromatic heterocycles. The summed E-state index contributed by atoms with van der Waals surface area (Å²) in [6, 6.07) is 28.2. The van der Waals surface area contributed by atoms with E-state index in [-0.39, 0.29) is 0 Å². The Bertz CT molecular complexity index is 801. The second-order valence-electron chi connectivity index (χ2n) is 6.19. The van der Waals surface area contributed by atoms with Crippen LogP contribution in [0.5, 0.6) is 0 Å². The molecular formula is C24H20. The van der Waals surface area contributed by atoms with Crippen molar-refractivity contribution in [3.63, 3.8) is 0 Å². The van der Waals surface area contributed by atoms with Crippen LogP contribution in [-0.2, 0) is 0 Å². The fourth-order valence-electron chi connectivity index (χ4n) is 3.25. The Kier molecular flexibility index (Phi) is 4.12. The van der Waals surface area contributed by atoms with Crippen LogP contribution in [0.2, 0.25) is 0 Å². The maximum Gasteiger partial charge on any atom is 0.0199 e. The number of benzene rings is 3. The lowest BCUT2D eigenvalue weighted by Crippen LogP contribution is -1.96. The molecule has 116 valence electrons. The van der Waals surface area contributed by atoms with Gasteiger partial charge in [0.2, 0.25) is 0 Å². The summed E-state index contributed by atoms with van der Waals surface area (Å²) >= 11 is 0. The summed E-state index contributed by atoms with van der Waals surface area (Å²) in [7, 11) is 0. The average Bonchev–Trinajstić information content (AvgIpc) is 2.70. The Labute approximate surface area is 143 Å². The maximum atomic E-state index is 2.33. The summed E-state index contributed by atoms with van der Waals surface area (Å²) < 4.78 is 0. The number of allylic oxidation sites excluding steroid dienone is 4. The Hall–Kier alpha value is -2.86. The normalized spacial score (nSPS) is 14.0. The first-order chi connectivity index (χ1) is 11.9. The first-order valence-corrected chi connectivity index (χ1v) is 8.49. The SMILES string of the molecule is C1=CC(c2cc(-c3ccccc3)cc(-c3ccccc3)c2)C=CC1. The van der Waals surface area contributed by atoms with Gasteiger partial charge in [-0.25, -0.2) is 0 Å². The van der Waals surface area contributed by atoms with Gasteiger partial charge in [0, 0.05) is 5.92 Å². The van der Waals surface area contributed by atoms with Crippen LogP contribution in [-0.4, -0.2) is 0 Å². The molecule has 0 fully saturated rings. The molecule has 0 atom stereocenters. The molecule has 1 aliphatic carbocycles. The molecule has 0 heteroatoms. The molecule has 0 amide bonds. The average molecular weight is 308 g/mol. The van der Waals surface area contributed by atoms with Crippen LogP contribution in [0.25, 0.3) is 22.3 Å². The van der Waals surface area contributed by atoms with Gasteiger partial charge in [-0.15, -0.1) is 0 Å². The highest BCUT2D eigenvalue weighted by Gasteiger charge is 2.11. The third kappa shape index (κ3) is 3.09. The van der Waals surface area contributed by atoms with Gasteiger partial charge >= 0.3 is 0 Å². The third-order valence-corrected chi connectivity index (χ3v) is 4.51. The summed E-state index contributed by atoms with van der Waals surface area (Å²) in [5.41, 5.74) is 6.43. The summed E-state index contributed by atoms with van der Waals surface area (Å²) in [6.45, 7) is 0. The molecule has 24 heavy (non-hydrogen) atoms. The fourth-order valence-corrected chi connectivity index (χ4v) is 3.25. The zero-order chi connectivity index (χ0) is 16.2. The van der Waals surface area contributed by atoms with E-state index in [1.165, 1.54) is 27.8 Å². The molecule has 0 spiro atoms. The Morgan fingerprint density at radius 3 is 1.54 bits per heavy atom. The minimum atomic E-state index is 0.366. The molecular weight excluding hydrogens is 288 g/mol. The highest BCUT2D eigenvalue weighted by Crippen LogP contribution is 2.33. The van der Waals surface area contributed by atoms with Crippen molar-refractivity contribution in [2.45, 2.75) is 12.3 Å². The van der Waals surface area contributed by atoms with Crippen molar-refractivity contribution in [2.75, 3.05) is 0 Å². The fraction of sp³-hybridized carbons (Fsp3) is 0.0833. The molecule has 0 unspecified atom stereocenters. The molecule has 3 aromatic rings. The van der Waals surface area contributed by atoms with E-state index in [4.69, 9.17) is 0 Å². The van der Waals surface area contributed by atoms with Gasteiger partial charge in [0.1, 0.15) is 0 Å². The molecule has 0 bridgehead atoms. The third-order valence-electron chi connectivity index (χ3n) is 4.51. The monoisotopic (exact) mass is 308 g/mol. The smallest absolute Gasteiger partial charge is 0.0199 e. The second kappa shape index (κ2) is 6.72. The molecule has 0 aliphatic heterocycles. The van der Waals surface area contributed by atoms with Crippen molar-refractivity contribution < 1.29 is 0 Å². The number of hydrogen-bond acceptors (Lipinski definition) is 0. The lowest BCUT2D eigenvalue weighted by atomic mass is 9.89. The van der Waals surface area contributed by atoms with Crippen LogP contribution in [0, 0.1) is 0 Å². The van der Waals surface area contributed by atoms with Crippen molar-refractivity contribution in [3.8, 4) is 22.3 Å². The Balaban J connectivity index is 1.86.